The van der Waals surface area contributed by atoms with Gasteiger partial charge in [0.05, 0.1) is 19.0 Å². The fourth-order valence-electron chi connectivity index (χ4n) is 2.59. The zero-order valence-corrected chi connectivity index (χ0v) is 15.8. The van der Waals surface area contributed by atoms with Crippen LogP contribution in [0.3, 0.4) is 0 Å². The van der Waals surface area contributed by atoms with E-state index in [2.05, 4.69) is 25.2 Å². The predicted octanol–water partition coefficient (Wildman–Crippen LogP) is 3.15. The van der Waals surface area contributed by atoms with Gasteiger partial charge in [0.15, 0.2) is 16.7 Å². The Kier molecular flexibility index (Phi) is 4.73. The molecule has 0 bridgehead atoms. The van der Waals surface area contributed by atoms with Crippen LogP contribution in [0.25, 0.3) is 11.3 Å². The van der Waals surface area contributed by atoms with Gasteiger partial charge in [-0.05, 0) is 33.8 Å². The number of aryl methyl sites for hydroxylation is 2. The lowest BCUT2D eigenvalue weighted by atomic mass is 10.3. The van der Waals surface area contributed by atoms with Gasteiger partial charge >= 0.3 is 6.16 Å². The monoisotopic (exact) mass is 378 g/mol. The maximum atomic E-state index is 11.4. The standard InChI is InChI=1S/C16H19ClN6O3/c1-8(2)19-15-12(22-10(4)6-9(3)21-22)13(17)20-14-11(7-18-23(14)15)26-16(24)25-5/h6-8,19H,1-5H3. The van der Waals surface area contributed by atoms with Crippen molar-refractivity contribution in [2.75, 3.05) is 12.4 Å². The molecular weight excluding hydrogens is 360 g/mol. The number of hydrogen-bond donors (Lipinski definition) is 1. The van der Waals surface area contributed by atoms with E-state index in [4.69, 9.17) is 16.3 Å². The van der Waals surface area contributed by atoms with Crippen LogP contribution in [0.15, 0.2) is 12.3 Å². The summed E-state index contributed by atoms with van der Waals surface area (Å²) in [5.41, 5.74) is 2.60. The lowest BCUT2D eigenvalue weighted by molar-refractivity contribution is 0.122. The lowest BCUT2D eigenvalue weighted by Gasteiger charge is -2.17. The van der Waals surface area contributed by atoms with Crippen molar-refractivity contribution in [3.05, 3.63) is 28.8 Å². The Morgan fingerprint density at radius 1 is 1.35 bits per heavy atom. The number of fused-ring (bicyclic) bond motifs is 1. The van der Waals surface area contributed by atoms with Crippen molar-refractivity contribution in [1.82, 2.24) is 24.4 Å². The summed E-state index contributed by atoms with van der Waals surface area (Å²) in [7, 11) is 1.22. The van der Waals surface area contributed by atoms with Crippen molar-refractivity contribution >= 4 is 29.2 Å². The summed E-state index contributed by atoms with van der Waals surface area (Å²) in [6.45, 7) is 7.80. The molecular formula is C16H19ClN6O3. The van der Waals surface area contributed by atoms with E-state index in [0.717, 1.165) is 11.4 Å². The van der Waals surface area contributed by atoms with Gasteiger partial charge < -0.3 is 14.8 Å². The van der Waals surface area contributed by atoms with Crippen molar-refractivity contribution in [1.29, 1.82) is 0 Å². The first-order valence-corrected chi connectivity index (χ1v) is 8.32. The number of carbonyl (C=O) groups excluding carboxylic acids is 1. The van der Waals surface area contributed by atoms with E-state index in [0.29, 0.717) is 11.5 Å². The highest BCUT2D eigenvalue weighted by Crippen LogP contribution is 2.32. The third kappa shape index (κ3) is 3.17. The molecule has 26 heavy (non-hydrogen) atoms. The lowest BCUT2D eigenvalue weighted by Crippen LogP contribution is -2.18. The van der Waals surface area contributed by atoms with Gasteiger partial charge in [0.2, 0.25) is 5.65 Å². The van der Waals surface area contributed by atoms with Crippen molar-refractivity contribution in [3.63, 3.8) is 0 Å². The topological polar surface area (TPSA) is 95.6 Å². The fraction of sp³-hybridized carbons (Fsp3) is 0.375. The van der Waals surface area contributed by atoms with E-state index in [9.17, 15) is 4.79 Å². The van der Waals surface area contributed by atoms with E-state index in [1.165, 1.54) is 17.8 Å². The smallest absolute Gasteiger partial charge is 0.437 e. The minimum Gasteiger partial charge on any atom is -0.437 e. The van der Waals surface area contributed by atoms with Gasteiger partial charge in [-0.15, -0.1) is 0 Å². The van der Waals surface area contributed by atoms with Crippen LogP contribution < -0.4 is 10.1 Å². The average molecular weight is 379 g/mol. The molecule has 3 aromatic heterocycles. The summed E-state index contributed by atoms with van der Waals surface area (Å²) in [6, 6.07) is 2.02. The Labute approximate surface area is 154 Å². The van der Waals surface area contributed by atoms with Crippen molar-refractivity contribution in [3.8, 4) is 11.4 Å². The number of rotatable bonds is 4. The van der Waals surface area contributed by atoms with Crippen LogP contribution in [0.1, 0.15) is 25.2 Å². The Bertz CT molecular complexity index is 978. The highest BCUT2D eigenvalue weighted by molar-refractivity contribution is 6.31. The summed E-state index contributed by atoms with van der Waals surface area (Å²) in [5.74, 6) is 0.728. The minimum absolute atomic E-state index is 0.0848. The van der Waals surface area contributed by atoms with Crippen molar-refractivity contribution in [2.24, 2.45) is 0 Å². The summed E-state index contributed by atoms with van der Waals surface area (Å²) >= 11 is 6.48. The molecule has 0 saturated heterocycles. The van der Waals surface area contributed by atoms with Crippen LogP contribution in [0.5, 0.6) is 5.75 Å². The third-order valence-electron chi connectivity index (χ3n) is 3.55. The maximum Gasteiger partial charge on any atom is 0.513 e. The zero-order chi connectivity index (χ0) is 19.0. The summed E-state index contributed by atoms with van der Waals surface area (Å²) < 4.78 is 12.8. The highest BCUT2D eigenvalue weighted by atomic mass is 35.5. The summed E-state index contributed by atoms with van der Waals surface area (Å²) in [4.78, 5) is 15.8. The molecule has 0 aliphatic rings. The Morgan fingerprint density at radius 3 is 2.65 bits per heavy atom. The quantitative estimate of drug-likeness (QED) is 0.550. The van der Waals surface area contributed by atoms with E-state index in [1.807, 2.05) is 33.8 Å². The molecule has 0 aliphatic carbocycles. The molecule has 3 heterocycles. The zero-order valence-electron chi connectivity index (χ0n) is 15.1. The largest absolute Gasteiger partial charge is 0.513 e. The second-order valence-corrected chi connectivity index (χ2v) is 6.40. The molecule has 0 amide bonds. The number of ether oxygens (including phenoxy) is 2. The normalized spacial score (nSPS) is 11.2. The molecule has 9 nitrogen and oxygen atoms in total. The Morgan fingerprint density at radius 2 is 2.08 bits per heavy atom. The molecule has 0 unspecified atom stereocenters. The van der Waals surface area contributed by atoms with Crippen LogP contribution in [0.4, 0.5) is 10.6 Å². The predicted molar refractivity (Wildman–Crippen MR) is 96.4 cm³/mol. The molecule has 10 heteroatoms. The van der Waals surface area contributed by atoms with E-state index in [1.54, 1.807) is 4.68 Å². The van der Waals surface area contributed by atoms with Gasteiger partial charge in [-0.25, -0.2) is 14.5 Å². The SMILES string of the molecule is COC(=O)Oc1cnn2c(NC(C)C)c(-n3nc(C)cc3C)c(Cl)nc12. The van der Waals surface area contributed by atoms with E-state index < -0.39 is 6.16 Å². The molecule has 0 aliphatic heterocycles. The van der Waals surface area contributed by atoms with Gasteiger partial charge in [0.1, 0.15) is 5.69 Å². The summed E-state index contributed by atoms with van der Waals surface area (Å²) in [5, 5.41) is 12.3. The first kappa shape index (κ1) is 18.0. The first-order valence-electron chi connectivity index (χ1n) is 7.95. The maximum absolute atomic E-state index is 11.4. The van der Waals surface area contributed by atoms with Gasteiger partial charge in [0, 0.05) is 11.7 Å². The van der Waals surface area contributed by atoms with Crippen LogP contribution in [0, 0.1) is 13.8 Å². The molecule has 0 spiro atoms. The first-order chi connectivity index (χ1) is 12.3. The van der Waals surface area contributed by atoms with E-state index in [-0.39, 0.29) is 22.6 Å². The number of hydrogen-bond acceptors (Lipinski definition) is 7. The molecule has 0 aromatic carbocycles. The minimum atomic E-state index is -0.862. The number of halogens is 1. The van der Waals surface area contributed by atoms with Gasteiger partial charge in [-0.1, -0.05) is 11.6 Å². The van der Waals surface area contributed by atoms with Crippen LogP contribution >= 0.6 is 11.6 Å². The van der Waals surface area contributed by atoms with Gasteiger partial charge in [0.25, 0.3) is 0 Å². The van der Waals surface area contributed by atoms with Crippen molar-refractivity contribution in [2.45, 2.75) is 33.7 Å². The Balaban J connectivity index is 2.26. The number of carbonyl (C=O) groups is 1. The highest BCUT2D eigenvalue weighted by Gasteiger charge is 2.23. The molecule has 0 fully saturated rings. The average Bonchev–Trinajstić information content (AvgIpc) is 3.10. The number of aromatic nitrogens is 5. The molecule has 0 saturated carbocycles. The number of nitrogens with one attached hydrogen (secondary N) is 1. The number of anilines is 1. The molecule has 138 valence electrons. The van der Waals surface area contributed by atoms with Crippen LogP contribution in [0.2, 0.25) is 5.15 Å². The van der Waals surface area contributed by atoms with Gasteiger partial charge in [-0.3, -0.25) is 0 Å². The molecule has 1 N–H and O–H groups in total. The van der Waals surface area contributed by atoms with Crippen LogP contribution in [-0.4, -0.2) is 43.7 Å². The molecule has 0 atom stereocenters. The Hall–Kier alpha value is -2.81. The second kappa shape index (κ2) is 6.83. The fourth-order valence-corrected chi connectivity index (χ4v) is 2.84. The summed E-state index contributed by atoms with van der Waals surface area (Å²) in [6.07, 6.45) is 0.519. The van der Waals surface area contributed by atoms with E-state index >= 15 is 0 Å². The molecule has 0 radical (unpaired) electrons. The molecule has 3 rings (SSSR count). The molecule has 3 aromatic rings. The van der Waals surface area contributed by atoms with Crippen molar-refractivity contribution < 1.29 is 14.3 Å². The number of nitrogens with zero attached hydrogens (tertiary/aromatic N) is 5. The van der Waals surface area contributed by atoms with Gasteiger partial charge in [-0.2, -0.15) is 14.7 Å². The number of methoxy groups -OCH3 is 1. The second-order valence-electron chi connectivity index (χ2n) is 6.04. The third-order valence-corrected chi connectivity index (χ3v) is 3.82. The van der Waals surface area contributed by atoms with Crippen LogP contribution in [-0.2, 0) is 4.74 Å².